The summed E-state index contributed by atoms with van der Waals surface area (Å²) in [6.45, 7) is 5.62. The van der Waals surface area contributed by atoms with E-state index < -0.39 is 11.9 Å². The number of rotatable bonds is 5. The molecule has 5 heteroatoms. The first-order valence-electron chi connectivity index (χ1n) is 7.42. The van der Waals surface area contributed by atoms with Gasteiger partial charge in [0.25, 0.3) is 5.91 Å². The maximum Gasteiger partial charge on any atom is 0.254 e. The van der Waals surface area contributed by atoms with Gasteiger partial charge in [-0.15, -0.1) is 0 Å². The molecule has 1 unspecified atom stereocenters. The van der Waals surface area contributed by atoms with E-state index in [0.29, 0.717) is 11.3 Å². The van der Waals surface area contributed by atoms with Crippen LogP contribution < -0.4 is 16.4 Å². The number of hydrogen-bond donors (Lipinski definition) is 3. The molecule has 2 rings (SSSR count). The summed E-state index contributed by atoms with van der Waals surface area (Å²) in [6.07, 6.45) is 0. The number of benzene rings is 2. The second-order valence-electron chi connectivity index (χ2n) is 5.52. The number of para-hydroxylation sites is 1. The molecule has 0 aliphatic rings. The molecule has 0 radical (unpaired) electrons. The number of carbonyl (C=O) groups excluding carboxylic acids is 2. The van der Waals surface area contributed by atoms with Crippen LogP contribution in [0, 0.1) is 13.8 Å². The smallest absolute Gasteiger partial charge is 0.254 e. The molecule has 0 aliphatic carbocycles. The van der Waals surface area contributed by atoms with E-state index in [1.165, 1.54) is 5.56 Å². The number of carbonyl (C=O) groups is 2. The van der Waals surface area contributed by atoms with Crippen LogP contribution in [0.1, 0.15) is 28.4 Å². The maximum absolute atomic E-state index is 12.4. The van der Waals surface area contributed by atoms with Gasteiger partial charge in [0.15, 0.2) is 0 Å². The largest absolute Gasteiger partial charge is 0.368 e. The van der Waals surface area contributed by atoms with Gasteiger partial charge in [0, 0.05) is 5.69 Å². The fourth-order valence-corrected chi connectivity index (χ4v) is 2.17. The number of nitrogens with two attached hydrogens (primary N) is 1. The van der Waals surface area contributed by atoms with Crippen molar-refractivity contribution in [1.29, 1.82) is 0 Å². The Hall–Kier alpha value is -2.82. The van der Waals surface area contributed by atoms with E-state index in [-0.39, 0.29) is 5.91 Å². The van der Waals surface area contributed by atoms with Gasteiger partial charge in [-0.05, 0) is 50.1 Å². The van der Waals surface area contributed by atoms with Gasteiger partial charge in [-0.25, -0.2) is 0 Å². The summed E-state index contributed by atoms with van der Waals surface area (Å²) < 4.78 is 0. The summed E-state index contributed by atoms with van der Waals surface area (Å²) in [7, 11) is 0. The molecule has 1 atom stereocenters. The van der Waals surface area contributed by atoms with Crippen LogP contribution in [0.25, 0.3) is 0 Å². The number of hydrogen-bond acceptors (Lipinski definition) is 3. The van der Waals surface area contributed by atoms with Crippen LogP contribution in [-0.4, -0.2) is 17.9 Å². The normalized spacial score (nSPS) is 11.6. The van der Waals surface area contributed by atoms with E-state index >= 15 is 0 Å². The molecule has 120 valence electrons. The maximum atomic E-state index is 12.4. The van der Waals surface area contributed by atoms with Gasteiger partial charge in [0.1, 0.15) is 6.04 Å². The Morgan fingerprint density at radius 3 is 2.35 bits per heavy atom. The first-order chi connectivity index (χ1) is 10.9. The van der Waals surface area contributed by atoms with Crippen molar-refractivity contribution in [2.75, 3.05) is 5.32 Å². The molecule has 5 nitrogen and oxygen atoms in total. The van der Waals surface area contributed by atoms with Crippen LogP contribution in [0.2, 0.25) is 0 Å². The second kappa shape index (κ2) is 6.96. The molecule has 0 heterocycles. The SMILES string of the molecule is Cc1cccc(Nc2ccccc2C(=O)NC(C)C(N)=O)c1C. The zero-order valence-electron chi connectivity index (χ0n) is 13.5. The van der Waals surface area contributed by atoms with Crippen molar-refractivity contribution in [1.82, 2.24) is 5.32 Å². The van der Waals surface area contributed by atoms with E-state index in [2.05, 4.69) is 10.6 Å². The third kappa shape index (κ3) is 3.88. The number of anilines is 2. The summed E-state index contributed by atoms with van der Waals surface area (Å²) in [5.41, 5.74) is 9.55. The van der Waals surface area contributed by atoms with Gasteiger partial charge >= 0.3 is 0 Å². The molecule has 2 aromatic carbocycles. The van der Waals surface area contributed by atoms with E-state index in [9.17, 15) is 9.59 Å². The number of primary amides is 1. The van der Waals surface area contributed by atoms with E-state index in [1.54, 1.807) is 19.1 Å². The highest BCUT2D eigenvalue weighted by Crippen LogP contribution is 2.25. The minimum atomic E-state index is -0.726. The Morgan fingerprint density at radius 2 is 1.65 bits per heavy atom. The second-order valence-corrected chi connectivity index (χ2v) is 5.52. The lowest BCUT2D eigenvalue weighted by Crippen LogP contribution is -2.42. The molecule has 2 aromatic rings. The predicted octanol–water partition coefficient (Wildman–Crippen LogP) is 2.65. The Bertz CT molecular complexity index is 741. The Balaban J connectivity index is 2.29. The van der Waals surface area contributed by atoms with Crippen molar-refractivity contribution < 1.29 is 9.59 Å². The molecule has 0 bridgehead atoms. The number of nitrogens with one attached hydrogen (secondary N) is 2. The summed E-state index contributed by atoms with van der Waals surface area (Å²) >= 11 is 0. The zero-order valence-corrected chi connectivity index (χ0v) is 13.5. The Kier molecular flexibility index (Phi) is 5.01. The minimum absolute atomic E-state index is 0.343. The molecule has 0 spiro atoms. The van der Waals surface area contributed by atoms with Crippen molar-refractivity contribution in [3.8, 4) is 0 Å². The van der Waals surface area contributed by atoms with Crippen molar-refractivity contribution in [3.05, 3.63) is 59.2 Å². The van der Waals surface area contributed by atoms with E-state index in [0.717, 1.165) is 11.3 Å². The highest BCUT2D eigenvalue weighted by molar-refractivity contribution is 6.02. The standard InChI is InChI=1S/C18H21N3O2/c1-11-7-6-10-15(12(11)2)21-16-9-5-4-8-14(16)18(23)20-13(3)17(19)22/h4-10,13,21H,1-3H3,(H2,19,22)(H,20,23). The van der Waals surface area contributed by atoms with Gasteiger partial charge in [0.05, 0.1) is 11.3 Å². The summed E-state index contributed by atoms with van der Waals surface area (Å²) in [5.74, 6) is -0.914. The first kappa shape index (κ1) is 16.5. The predicted molar refractivity (Wildman–Crippen MR) is 91.8 cm³/mol. The highest BCUT2D eigenvalue weighted by atomic mass is 16.2. The lowest BCUT2D eigenvalue weighted by molar-refractivity contribution is -0.119. The monoisotopic (exact) mass is 311 g/mol. The van der Waals surface area contributed by atoms with Crippen LogP contribution in [0.4, 0.5) is 11.4 Å². The summed E-state index contributed by atoms with van der Waals surface area (Å²) in [4.78, 5) is 23.5. The quantitative estimate of drug-likeness (QED) is 0.793. The molecular formula is C18H21N3O2. The molecule has 2 amide bonds. The summed E-state index contributed by atoms with van der Waals surface area (Å²) in [6, 6.07) is 12.4. The molecule has 0 aromatic heterocycles. The van der Waals surface area contributed by atoms with Gasteiger partial charge in [-0.3, -0.25) is 9.59 Å². The Morgan fingerprint density at radius 1 is 1.00 bits per heavy atom. The van der Waals surface area contributed by atoms with Crippen molar-refractivity contribution in [2.45, 2.75) is 26.8 Å². The average molecular weight is 311 g/mol. The minimum Gasteiger partial charge on any atom is -0.368 e. The molecule has 0 aliphatic heterocycles. The molecule has 0 saturated heterocycles. The molecule has 0 fully saturated rings. The van der Waals surface area contributed by atoms with Crippen LogP contribution in [-0.2, 0) is 4.79 Å². The zero-order chi connectivity index (χ0) is 17.0. The third-order valence-corrected chi connectivity index (χ3v) is 3.82. The Labute approximate surface area is 135 Å². The lowest BCUT2D eigenvalue weighted by Gasteiger charge is -2.16. The van der Waals surface area contributed by atoms with E-state index in [1.807, 2.05) is 44.2 Å². The van der Waals surface area contributed by atoms with Gasteiger partial charge in [-0.1, -0.05) is 24.3 Å². The van der Waals surface area contributed by atoms with Gasteiger partial charge in [0.2, 0.25) is 5.91 Å². The van der Waals surface area contributed by atoms with Crippen molar-refractivity contribution >= 4 is 23.2 Å². The van der Waals surface area contributed by atoms with E-state index in [4.69, 9.17) is 5.73 Å². The van der Waals surface area contributed by atoms with Gasteiger partial charge in [-0.2, -0.15) is 0 Å². The fraction of sp³-hybridized carbons (Fsp3) is 0.222. The van der Waals surface area contributed by atoms with Crippen LogP contribution in [0.5, 0.6) is 0 Å². The molecule has 23 heavy (non-hydrogen) atoms. The number of amides is 2. The highest BCUT2D eigenvalue weighted by Gasteiger charge is 2.16. The van der Waals surface area contributed by atoms with Crippen LogP contribution in [0.3, 0.4) is 0 Å². The fourth-order valence-electron chi connectivity index (χ4n) is 2.17. The van der Waals surface area contributed by atoms with Crippen LogP contribution >= 0.6 is 0 Å². The third-order valence-electron chi connectivity index (χ3n) is 3.82. The molecule has 0 saturated carbocycles. The van der Waals surface area contributed by atoms with Crippen molar-refractivity contribution in [2.24, 2.45) is 5.73 Å². The van der Waals surface area contributed by atoms with Crippen molar-refractivity contribution in [3.63, 3.8) is 0 Å². The number of aryl methyl sites for hydroxylation is 1. The lowest BCUT2D eigenvalue weighted by atomic mass is 10.1. The average Bonchev–Trinajstić information content (AvgIpc) is 2.52. The first-order valence-corrected chi connectivity index (χ1v) is 7.42. The molecule has 4 N–H and O–H groups in total. The van der Waals surface area contributed by atoms with Crippen LogP contribution in [0.15, 0.2) is 42.5 Å². The van der Waals surface area contributed by atoms with Gasteiger partial charge < -0.3 is 16.4 Å². The molecular weight excluding hydrogens is 290 g/mol. The topological polar surface area (TPSA) is 84.2 Å². The summed E-state index contributed by atoms with van der Waals surface area (Å²) in [5, 5.41) is 5.88.